The molecule has 4 N–H and O–H groups in total. The summed E-state index contributed by atoms with van der Waals surface area (Å²) in [5.41, 5.74) is 13.8. The fraction of sp³-hybridized carbons (Fsp3) is 0.455. The van der Waals surface area contributed by atoms with Crippen molar-refractivity contribution in [3.05, 3.63) is 33.1 Å². The van der Waals surface area contributed by atoms with Crippen LogP contribution in [0.25, 0.3) is 0 Å². The minimum absolute atomic E-state index is 0.0431. The van der Waals surface area contributed by atoms with Crippen molar-refractivity contribution < 1.29 is 21.2 Å². The zero-order valence-electron chi connectivity index (χ0n) is 8.97. The molecule has 0 bridgehead atoms. The molecule has 0 heterocycles. The predicted octanol–water partition coefficient (Wildman–Crippen LogP) is -1.50. The van der Waals surface area contributed by atoms with Gasteiger partial charge in [-0.05, 0) is 0 Å². The van der Waals surface area contributed by atoms with E-state index < -0.39 is 0 Å². The van der Waals surface area contributed by atoms with Gasteiger partial charge in [0.1, 0.15) is 0 Å². The molecule has 0 aromatic rings. The normalized spacial score (nSPS) is 27.9. The van der Waals surface area contributed by atoms with E-state index in [0.29, 0.717) is 0 Å². The van der Waals surface area contributed by atoms with E-state index in [1.54, 1.807) is 0 Å². The Kier molecular flexibility index (Phi) is 3.78. The van der Waals surface area contributed by atoms with Crippen molar-refractivity contribution in [1.29, 1.82) is 0 Å². The SMILES string of the molecule is CC[I-]C1=C(C)C=CC(N)=CC1(C)N. The molecule has 0 aliphatic heterocycles. The van der Waals surface area contributed by atoms with Gasteiger partial charge >= 0.3 is 96.5 Å². The van der Waals surface area contributed by atoms with Crippen molar-refractivity contribution in [2.75, 3.05) is 4.43 Å². The van der Waals surface area contributed by atoms with Crippen molar-refractivity contribution in [1.82, 2.24) is 0 Å². The topological polar surface area (TPSA) is 52.0 Å². The monoisotopic (exact) mass is 305 g/mol. The summed E-state index contributed by atoms with van der Waals surface area (Å²) < 4.78 is 2.62. The predicted molar refractivity (Wildman–Crippen MR) is 57.2 cm³/mol. The molecular formula is C11H18IN2-. The molecule has 0 saturated carbocycles. The molecule has 0 spiro atoms. The van der Waals surface area contributed by atoms with Crippen LogP contribution in [0, 0.1) is 0 Å². The van der Waals surface area contributed by atoms with Crippen LogP contribution in [0.1, 0.15) is 20.8 Å². The third kappa shape index (κ3) is 2.60. The molecule has 1 atom stereocenters. The number of hydrogen-bond donors (Lipinski definition) is 2. The molecule has 1 unspecified atom stereocenters. The van der Waals surface area contributed by atoms with Gasteiger partial charge in [0.25, 0.3) is 0 Å². The number of rotatable bonds is 2. The molecule has 80 valence electrons. The first-order chi connectivity index (χ1) is 6.47. The Labute approximate surface area is 96.4 Å². The molecule has 0 aromatic carbocycles. The molecule has 0 amide bonds. The molecule has 0 fully saturated rings. The second-order valence-corrected chi connectivity index (χ2v) is 7.03. The second-order valence-electron chi connectivity index (χ2n) is 3.66. The maximum absolute atomic E-state index is 6.26. The van der Waals surface area contributed by atoms with Crippen molar-refractivity contribution in [3.63, 3.8) is 0 Å². The van der Waals surface area contributed by atoms with Gasteiger partial charge in [-0.1, -0.05) is 0 Å². The molecule has 1 aliphatic carbocycles. The standard InChI is InChI=1S/C11H18IN2/c1-4-12-10-8(2)5-6-9(13)7-11(10,3)14/h5-7H,4,13-14H2,1-3H3/q-1. The van der Waals surface area contributed by atoms with Crippen molar-refractivity contribution in [2.45, 2.75) is 26.3 Å². The number of halogens is 1. The van der Waals surface area contributed by atoms with Gasteiger partial charge in [-0.3, -0.25) is 0 Å². The first-order valence-corrected chi connectivity index (χ1v) is 7.33. The van der Waals surface area contributed by atoms with Gasteiger partial charge in [-0.2, -0.15) is 0 Å². The van der Waals surface area contributed by atoms with E-state index >= 15 is 0 Å². The van der Waals surface area contributed by atoms with Gasteiger partial charge in [0.15, 0.2) is 0 Å². The van der Waals surface area contributed by atoms with Gasteiger partial charge < -0.3 is 0 Å². The van der Waals surface area contributed by atoms with E-state index in [0.717, 1.165) is 5.70 Å². The Morgan fingerprint density at radius 3 is 2.64 bits per heavy atom. The van der Waals surface area contributed by atoms with E-state index in [-0.39, 0.29) is 26.7 Å². The first kappa shape index (κ1) is 11.8. The molecule has 0 aromatic heterocycles. The van der Waals surface area contributed by atoms with E-state index in [1.807, 2.05) is 19.1 Å². The quantitative estimate of drug-likeness (QED) is 0.482. The Balaban J connectivity index is 3.13. The summed E-state index contributed by atoms with van der Waals surface area (Å²) in [5.74, 6) is 0. The fourth-order valence-corrected chi connectivity index (χ4v) is 4.08. The third-order valence-corrected chi connectivity index (χ3v) is 5.62. The molecule has 0 radical (unpaired) electrons. The Hall–Kier alpha value is -0.290. The minimum atomic E-state index is -0.346. The first-order valence-electron chi connectivity index (χ1n) is 4.73. The number of alkyl halides is 1. The van der Waals surface area contributed by atoms with Crippen LogP contribution >= 0.6 is 0 Å². The molecule has 14 heavy (non-hydrogen) atoms. The molecule has 3 heteroatoms. The number of allylic oxidation sites excluding steroid dienone is 3. The summed E-state index contributed by atoms with van der Waals surface area (Å²) in [6.07, 6.45) is 5.98. The molecule has 0 saturated heterocycles. The van der Waals surface area contributed by atoms with Gasteiger partial charge in [-0.25, -0.2) is 0 Å². The van der Waals surface area contributed by atoms with Crippen LogP contribution in [0.5, 0.6) is 0 Å². The van der Waals surface area contributed by atoms with E-state index in [4.69, 9.17) is 11.5 Å². The summed E-state index contributed by atoms with van der Waals surface area (Å²) in [6, 6.07) is 0. The van der Waals surface area contributed by atoms with Crippen LogP contribution in [0.4, 0.5) is 0 Å². The molecule has 1 rings (SSSR count). The second kappa shape index (κ2) is 4.49. The summed E-state index contributed by atoms with van der Waals surface area (Å²) >= 11 is 0.0431. The van der Waals surface area contributed by atoms with E-state index in [9.17, 15) is 0 Å². The molecule has 2 nitrogen and oxygen atoms in total. The van der Waals surface area contributed by atoms with Crippen molar-refractivity contribution in [3.8, 4) is 0 Å². The third-order valence-electron chi connectivity index (χ3n) is 2.08. The van der Waals surface area contributed by atoms with Crippen LogP contribution in [-0.2, 0) is 0 Å². The Morgan fingerprint density at radius 2 is 2.07 bits per heavy atom. The summed E-state index contributed by atoms with van der Waals surface area (Å²) in [4.78, 5) is 0. The summed E-state index contributed by atoms with van der Waals surface area (Å²) in [5, 5.41) is 0. The Bertz CT molecular complexity index is 311. The number of nitrogens with two attached hydrogens (primary N) is 2. The fourth-order valence-electron chi connectivity index (χ4n) is 1.56. The summed E-state index contributed by atoms with van der Waals surface area (Å²) in [6.45, 7) is 6.38. The van der Waals surface area contributed by atoms with Crippen molar-refractivity contribution >= 4 is 0 Å². The number of hydrogen-bond acceptors (Lipinski definition) is 2. The average Bonchev–Trinajstić information content (AvgIpc) is 2.16. The van der Waals surface area contributed by atoms with Gasteiger partial charge in [0.05, 0.1) is 0 Å². The van der Waals surface area contributed by atoms with Crippen LogP contribution < -0.4 is 32.7 Å². The molecule has 1 aliphatic rings. The average molecular weight is 305 g/mol. The van der Waals surface area contributed by atoms with E-state index in [1.165, 1.54) is 13.6 Å². The molecular weight excluding hydrogens is 287 g/mol. The van der Waals surface area contributed by atoms with Crippen LogP contribution in [0.3, 0.4) is 0 Å². The Morgan fingerprint density at radius 1 is 1.43 bits per heavy atom. The van der Waals surface area contributed by atoms with Gasteiger partial charge in [-0.15, -0.1) is 0 Å². The summed E-state index contributed by atoms with van der Waals surface area (Å²) in [7, 11) is 0. The van der Waals surface area contributed by atoms with Gasteiger partial charge in [0, 0.05) is 0 Å². The van der Waals surface area contributed by atoms with Crippen LogP contribution in [-0.4, -0.2) is 9.97 Å². The van der Waals surface area contributed by atoms with Crippen LogP contribution in [0.2, 0.25) is 0 Å². The van der Waals surface area contributed by atoms with Crippen LogP contribution in [0.15, 0.2) is 33.1 Å². The van der Waals surface area contributed by atoms with E-state index in [2.05, 4.69) is 19.9 Å². The zero-order valence-corrected chi connectivity index (χ0v) is 11.1. The van der Waals surface area contributed by atoms with Gasteiger partial charge in [0.2, 0.25) is 0 Å². The maximum atomic E-state index is 6.26. The zero-order chi connectivity index (χ0) is 10.8. The van der Waals surface area contributed by atoms with Crippen molar-refractivity contribution in [2.24, 2.45) is 11.5 Å².